The summed E-state index contributed by atoms with van der Waals surface area (Å²) in [5, 5.41) is 0. The SMILES string of the molecule is COc1cccc(Cc2cnc([C@H]3CCCCN3C(=O)Cn3cccnc3=O)o2)c1. The summed E-state index contributed by atoms with van der Waals surface area (Å²) < 4.78 is 12.6. The third kappa shape index (κ3) is 4.42. The summed E-state index contributed by atoms with van der Waals surface area (Å²) in [5.74, 6) is 1.93. The van der Waals surface area contributed by atoms with Crippen molar-refractivity contribution in [3.05, 3.63) is 76.6 Å². The average Bonchev–Trinajstić information content (AvgIpc) is 3.23. The maximum absolute atomic E-state index is 12.9. The van der Waals surface area contributed by atoms with E-state index in [-0.39, 0.29) is 18.5 Å². The molecule has 0 unspecified atom stereocenters. The summed E-state index contributed by atoms with van der Waals surface area (Å²) in [7, 11) is 1.64. The van der Waals surface area contributed by atoms with Crippen LogP contribution in [0.3, 0.4) is 0 Å². The predicted molar refractivity (Wildman–Crippen MR) is 109 cm³/mol. The van der Waals surface area contributed by atoms with Gasteiger partial charge in [-0.25, -0.2) is 14.8 Å². The van der Waals surface area contributed by atoms with Crippen molar-refractivity contribution in [1.29, 1.82) is 0 Å². The molecule has 0 spiro atoms. The Balaban J connectivity index is 1.49. The molecule has 8 nitrogen and oxygen atoms in total. The van der Waals surface area contributed by atoms with Gasteiger partial charge in [0.05, 0.1) is 13.3 Å². The second-order valence-corrected chi connectivity index (χ2v) is 7.32. The molecular weight excluding hydrogens is 384 g/mol. The number of carbonyl (C=O) groups excluding carboxylic acids is 1. The Morgan fingerprint density at radius 3 is 3.00 bits per heavy atom. The summed E-state index contributed by atoms with van der Waals surface area (Å²) in [6.07, 6.45) is 8.00. The van der Waals surface area contributed by atoms with E-state index in [1.807, 2.05) is 24.3 Å². The lowest BCUT2D eigenvalue weighted by Crippen LogP contribution is -2.42. The largest absolute Gasteiger partial charge is 0.497 e. The van der Waals surface area contributed by atoms with Crippen LogP contribution in [0.25, 0.3) is 0 Å². The first kappa shape index (κ1) is 19.9. The Morgan fingerprint density at radius 2 is 2.17 bits per heavy atom. The summed E-state index contributed by atoms with van der Waals surface area (Å²) in [6, 6.07) is 9.22. The van der Waals surface area contributed by atoms with E-state index in [2.05, 4.69) is 9.97 Å². The van der Waals surface area contributed by atoms with Gasteiger partial charge < -0.3 is 14.1 Å². The molecule has 3 aromatic rings. The second kappa shape index (κ2) is 8.94. The summed E-state index contributed by atoms with van der Waals surface area (Å²) in [5.41, 5.74) is 0.626. The van der Waals surface area contributed by atoms with Crippen LogP contribution in [0.5, 0.6) is 5.75 Å². The number of nitrogens with zero attached hydrogens (tertiary/aromatic N) is 4. The smallest absolute Gasteiger partial charge is 0.347 e. The van der Waals surface area contributed by atoms with Crippen LogP contribution in [0, 0.1) is 0 Å². The van der Waals surface area contributed by atoms with Crippen molar-refractivity contribution in [3.63, 3.8) is 0 Å². The molecule has 1 saturated heterocycles. The monoisotopic (exact) mass is 408 g/mol. The number of hydrogen-bond acceptors (Lipinski definition) is 6. The Labute approximate surface area is 174 Å². The van der Waals surface area contributed by atoms with Crippen molar-refractivity contribution in [2.45, 2.75) is 38.3 Å². The predicted octanol–water partition coefficient (Wildman–Crippen LogP) is 2.58. The molecule has 2 aromatic heterocycles. The fourth-order valence-electron chi connectivity index (χ4n) is 3.77. The van der Waals surface area contributed by atoms with Gasteiger partial charge in [0, 0.05) is 25.4 Å². The molecular formula is C22H24N4O4. The first-order chi connectivity index (χ1) is 14.6. The Morgan fingerprint density at radius 1 is 1.27 bits per heavy atom. The van der Waals surface area contributed by atoms with E-state index < -0.39 is 5.69 Å². The lowest BCUT2D eigenvalue weighted by Gasteiger charge is -2.33. The molecule has 0 bridgehead atoms. The van der Waals surface area contributed by atoms with E-state index in [0.717, 1.165) is 36.3 Å². The molecule has 0 radical (unpaired) electrons. The number of oxazole rings is 1. The molecule has 3 heterocycles. The average molecular weight is 408 g/mol. The van der Waals surface area contributed by atoms with Crippen LogP contribution in [0.2, 0.25) is 0 Å². The molecule has 1 aliphatic rings. The van der Waals surface area contributed by atoms with Crippen LogP contribution in [-0.4, -0.2) is 39.0 Å². The van der Waals surface area contributed by atoms with E-state index in [9.17, 15) is 9.59 Å². The number of benzene rings is 1. The van der Waals surface area contributed by atoms with E-state index in [0.29, 0.717) is 18.9 Å². The van der Waals surface area contributed by atoms with Gasteiger partial charge in [-0.15, -0.1) is 0 Å². The molecule has 4 rings (SSSR count). The lowest BCUT2D eigenvalue weighted by molar-refractivity contribution is -0.136. The van der Waals surface area contributed by atoms with Gasteiger partial charge in [0.1, 0.15) is 24.1 Å². The molecule has 0 aliphatic carbocycles. The molecule has 1 aromatic carbocycles. The molecule has 8 heteroatoms. The summed E-state index contributed by atoms with van der Waals surface area (Å²) in [4.78, 5) is 34.7. The van der Waals surface area contributed by atoms with Crippen LogP contribution in [-0.2, 0) is 17.8 Å². The highest BCUT2D eigenvalue weighted by molar-refractivity contribution is 5.76. The minimum atomic E-state index is -0.434. The third-order valence-corrected chi connectivity index (χ3v) is 5.28. The Kier molecular flexibility index (Phi) is 5.92. The fourth-order valence-corrected chi connectivity index (χ4v) is 3.77. The highest BCUT2D eigenvalue weighted by Crippen LogP contribution is 2.31. The number of ether oxygens (including phenoxy) is 1. The van der Waals surface area contributed by atoms with Gasteiger partial charge in [0.2, 0.25) is 11.8 Å². The lowest BCUT2D eigenvalue weighted by atomic mass is 10.0. The molecule has 156 valence electrons. The highest BCUT2D eigenvalue weighted by atomic mass is 16.5. The molecule has 30 heavy (non-hydrogen) atoms. The van der Waals surface area contributed by atoms with E-state index >= 15 is 0 Å². The zero-order chi connectivity index (χ0) is 20.9. The zero-order valence-corrected chi connectivity index (χ0v) is 16.9. The van der Waals surface area contributed by atoms with Crippen molar-refractivity contribution in [3.8, 4) is 5.75 Å². The number of methoxy groups -OCH3 is 1. The van der Waals surface area contributed by atoms with Gasteiger partial charge in [-0.2, -0.15) is 0 Å². The number of amides is 1. The number of hydrogen-bond donors (Lipinski definition) is 0. The van der Waals surface area contributed by atoms with Crippen molar-refractivity contribution in [2.24, 2.45) is 0 Å². The second-order valence-electron chi connectivity index (χ2n) is 7.32. The summed E-state index contributed by atoms with van der Waals surface area (Å²) in [6.45, 7) is 0.576. The molecule has 1 aliphatic heterocycles. The van der Waals surface area contributed by atoms with Crippen molar-refractivity contribution >= 4 is 5.91 Å². The van der Waals surface area contributed by atoms with Gasteiger partial charge in [-0.1, -0.05) is 12.1 Å². The van der Waals surface area contributed by atoms with Crippen LogP contribution in [0.1, 0.15) is 42.5 Å². The number of piperidine rings is 1. The molecule has 0 saturated carbocycles. The normalized spacial score (nSPS) is 16.4. The van der Waals surface area contributed by atoms with Crippen LogP contribution in [0.4, 0.5) is 0 Å². The maximum atomic E-state index is 12.9. The number of aromatic nitrogens is 3. The first-order valence-electron chi connectivity index (χ1n) is 10.0. The Bertz CT molecular complexity index is 1070. The van der Waals surface area contributed by atoms with Crippen LogP contribution in [0.15, 0.2) is 58.1 Å². The van der Waals surface area contributed by atoms with E-state index in [1.165, 1.54) is 10.8 Å². The van der Waals surface area contributed by atoms with E-state index in [4.69, 9.17) is 9.15 Å². The molecule has 1 amide bonds. The standard InChI is InChI=1S/C22H24N4O4/c1-29-17-7-4-6-16(12-17)13-18-14-24-21(30-18)19-8-2-3-11-26(19)20(27)15-25-10-5-9-23-22(25)28/h4-7,9-10,12,14,19H,2-3,8,11,13,15H2,1H3/t19-/m1/s1. The van der Waals surface area contributed by atoms with Crippen molar-refractivity contribution < 1.29 is 13.9 Å². The van der Waals surface area contributed by atoms with Crippen LogP contribution < -0.4 is 10.4 Å². The van der Waals surface area contributed by atoms with Gasteiger partial charge in [0.25, 0.3) is 0 Å². The Hall–Kier alpha value is -3.42. The molecule has 1 fully saturated rings. The van der Waals surface area contributed by atoms with Crippen molar-refractivity contribution in [2.75, 3.05) is 13.7 Å². The third-order valence-electron chi connectivity index (χ3n) is 5.28. The van der Waals surface area contributed by atoms with Crippen molar-refractivity contribution in [1.82, 2.24) is 19.4 Å². The molecule has 1 atom stereocenters. The number of rotatable bonds is 6. The van der Waals surface area contributed by atoms with Gasteiger partial charge in [0.15, 0.2) is 0 Å². The van der Waals surface area contributed by atoms with Crippen LogP contribution >= 0.6 is 0 Å². The van der Waals surface area contributed by atoms with Gasteiger partial charge >= 0.3 is 5.69 Å². The van der Waals surface area contributed by atoms with Gasteiger partial charge in [-0.05, 0) is 43.0 Å². The summed E-state index contributed by atoms with van der Waals surface area (Å²) >= 11 is 0. The highest BCUT2D eigenvalue weighted by Gasteiger charge is 2.31. The minimum absolute atomic E-state index is 0.0411. The topological polar surface area (TPSA) is 90.5 Å². The van der Waals surface area contributed by atoms with E-state index in [1.54, 1.807) is 30.5 Å². The first-order valence-corrected chi connectivity index (χ1v) is 10.0. The number of likely N-dealkylation sites (tertiary alicyclic amines) is 1. The fraction of sp³-hybridized carbons (Fsp3) is 0.364. The number of carbonyl (C=O) groups is 1. The molecule has 0 N–H and O–H groups in total. The minimum Gasteiger partial charge on any atom is -0.497 e. The maximum Gasteiger partial charge on any atom is 0.347 e. The quantitative estimate of drug-likeness (QED) is 0.623. The van der Waals surface area contributed by atoms with Gasteiger partial charge in [-0.3, -0.25) is 9.36 Å². The zero-order valence-electron chi connectivity index (χ0n) is 16.9.